The molecule has 0 atom stereocenters. The molecule has 1 aromatic heterocycles. The van der Waals surface area contributed by atoms with Crippen molar-refractivity contribution in [1.82, 2.24) is 14.8 Å². The minimum Gasteiger partial charge on any atom is -0.325 e. The molecule has 0 saturated heterocycles. The maximum absolute atomic E-state index is 12.5. The Hall–Kier alpha value is -2.55. The van der Waals surface area contributed by atoms with Crippen molar-refractivity contribution >= 4 is 58.2 Å². The first kappa shape index (κ1) is 25.1. The third-order valence-electron chi connectivity index (χ3n) is 4.93. The van der Waals surface area contributed by atoms with E-state index in [1.54, 1.807) is 18.2 Å². The average Bonchev–Trinajstić information content (AvgIpc) is 3.13. The lowest BCUT2D eigenvalue weighted by molar-refractivity contribution is -0.116. The molecule has 33 heavy (non-hydrogen) atoms. The maximum Gasteiger partial charge on any atom is 0.234 e. The Morgan fingerprint density at radius 1 is 1.03 bits per heavy atom. The van der Waals surface area contributed by atoms with Crippen molar-refractivity contribution in [2.75, 3.05) is 16.4 Å². The maximum atomic E-state index is 12.5. The smallest absolute Gasteiger partial charge is 0.234 e. The highest BCUT2D eigenvalue weighted by Crippen LogP contribution is 2.29. The normalized spacial score (nSPS) is 10.8. The molecule has 0 aliphatic heterocycles. The number of nitrogens with zero attached hydrogens (tertiary/aromatic N) is 3. The summed E-state index contributed by atoms with van der Waals surface area (Å²) in [5, 5.41) is 15.3. The summed E-state index contributed by atoms with van der Waals surface area (Å²) < 4.78 is 1.82. The number of carbonyl (C=O) groups is 2. The quantitative estimate of drug-likeness (QED) is 0.397. The molecule has 2 aromatic carbocycles. The zero-order valence-corrected chi connectivity index (χ0v) is 21.2. The van der Waals surface area contributed by atoms with Gasteiger partial charge in [-0.2, -0.15) is 0 Å². The van der Waals surface area contributed by atoms with E-state index in [0.717, 1.165) is 22.4 Å². The highest BCUT2D eigenvalue weighted by molar-refractivity contribution is 7.99. The topological polar surface area (TPSA) is 88.9 Å². The van der Waals surface area contributed by atoms with Crippen LogP contribution in [0, 0.1) is 20.8 Å². The number of hydrogen-bond acceptors (Lipinski definition) is 5. The molecule has 0 aliphatic carbocycles. The van der Waals surface area contributed by atoms with Gasteiger partial charge in [0.15, 0.2) is 5.16 Å². The van der Waals surface area contributed by atoms with Gasteiger partial charge in [-0.1, -0.05) is 58.7 Å². The van der Waals surface area contributed by atoms with Crippen molar-refractivity contribution in [2.45, 2.75) is 45.8 Å². The van der Waals surface area contributed by atoms with E-state index >= 15 is 0 Å². The Morgan fingerprint density at radius 2 is 1.73 bits per heavy atom. The number of aromatic nitrogens is 3. The lowest BCUT2D eigenvalue weighted by Crippen LogP contribution is -2.18. The molecule has 7 nitrogen and oxygen atoms in total. The van der Waals surface area contributed by atoms with E-state index in [-0.39, 0.29) is 29.0 Å². The van der Waals surface area contributed by atoms with Crippen LogP contribution in [-0.2, 0) is 22.6 Å². The van der Waals surface area contributed by atoms with Gasteiger partial charge in [0.05, 0.1) is 27.9 Å². The van der Waals surface area contributed by atoms with Crippen LogP contribution in [-0.4, -0.2) is 32.3 Å². The number of nitrogens with one attached hydrogen (secondary N) is 2. The summed E-state index contributed by atoms with van der Waals surface area (Å²) in [7, 11) is 0. The Kier molecular flexibility index (Phi) is 8.40. The Labute approximate surface area is 207 Å². The first-order valence-corrected chi connectivity index (χ1v) is 12.1. The minimum atomic E-state index is -0.291. The average molecular weight is 506 g/mol. The third-order valence-corrected chi connectivity index (χ3v) is 6.71. The van der Waals surface area contributed by atoms with Crippen molar-refractivity contribution in [1.29, 1.82) is 0 Å². The van der Waals surface area contributed by atoms with Crippen LogP contribution in [0.15, 0.2) is 35.5 Å². The van der Waals surface area contributed by atoms with Crippen LogP contribution in [0.2, 0.25) is 10.0 Å². The van der Waals surface area contributed by atoms with Gasteiger partial charge in [-0.15, -0.1) is 10.2 Å². The third kappa shape index (κ3) is 6.28. The first-order chi connectivity index (χ1) is 15.7. The molecule has 10 heteroatoms. The molecule has 0 unspecified atom stereocenters. The number of carbonyl (C=O) groups excluding carboxylic acids is 2. The number of anilines is 2. The Morgan fingerprint density at radius 3 is 2.39 bits per heavy atom. The molecule has 3 rings (SSSR count). The molecular weight excluding hydrogens is 481 g/mol. The highest BCUT2D eigenvalue weighted by Gasteiger charge is 2.17. The van der Waals surface area contributed by atoms with Gasteiger partial charge in [0.1, 0.15) is 5.82 Å². The summed E-state index contributed by atoms with van der Waals surface area (Å²) in [4.78, 5) is 25.1. The van der Waals surface area contributed by atoms with Crippen LogP contribution in [0.4, 0.5) is 11.4 Å². The molecule has 1 heterocycles. The summed E-state index contributed by atoms with van der Waals surface area (Å²) in [5.74, 6) is 0.257. The second-order valence-electron chi connectivity index (χ2n) is 7.58. The van der Waals surface area contributed by atoms with E-state index in [9.17, 15) is 9.59 Å². The van der Waals surface area contributed by atoms with Gasteiger partial charge < -0.3 is 15.2 Å². The van der Waals surface area contributed by atoms with E-state index < -0.39 is 0 Å². The molecule has 174 valence electrons. The van der Waals surface area contributed by atoms with Crippen LogP contribution >= 0.6 is 35.0 Å². The molecule has 0 saturated carbocycles. The number of hydrogen-bond donors (Lipinski definition) is 2. The van der Waals surface area contributed by atoms with Gasteiger partial charge in [-0.25, -0.2) is 0 Å². The first-order valence-electron chi connectivity index (χ1n) is 10.4. The largest absolute Gasteiger partial charge is 0.325 e. The monoisotopic (exact) mass is 505 g/mol. The molecule has 0 bridgehead atoms. The number of thioether (sulfide) groups is 1. The molecule has 3 aromatic rings. The number of amides is 2. The zero-order valence-electron chi connectivity index (χ0n) is 18.8. The van der Waals surface area contributed by atoms with Crippen molar-refractivity contribution < 1.29 is 9.59 Å². The summed E-state index contributed by atoms with van der Waals surface area (Å²) in [6.45, 7) is 8.48. The Bertz CT molecular complexity index is 1170. The van der Waals surface area contributed by atoms with E-state index in [2.05, 4.69) is 20.8 Å². The van der Waals surface area contributed by atoms with Gasteiger partial charge in [0.25, 0.3) is 0 Å². The number of halogens is 2. The van der Waals surface area contributed by atoms with Crippen LogP contribution in [0.25, 0.3) is 0 Å². The van der Waals surface area contributed by atoms with Gasteiger partial charge in [0.2, 0.25) is 11.8 Å². The van der Waals surface area contributed by atoms with Gasteiger partial charge in [-0.05, 0) is 51.0 Å². The van der Waals surface area contributed by atoms with E-state index in [1.165, 1.54) is 11.8 Å². The molecule has 2 amide bonds. The SMILES string of the molecule is CCn1c(CC(=O)Nc2cccc(Cl)c2Cl)nnc1SCC(=O)Nc1c(C)cc(C)cc1C. The van der Waals surface area contributed by atoms with Crippen LogP contribution in [0.3, 0.4) is 0 Å². The second-order valence-corrected chi connectivity index (χ2v) is 9.31. The second kappa shape index (κ2) is 11.0. The van der Waals surface area contributed by atoms with Crippen molar-refractivity contribution in [3.8, 4) is 0 Å². The molecule has 0 radical (unpaired) electrons. The lowest BCUT2D eigenvalue weighted by Gasteiger charge is -2.13. The predicted molar refractivity (Wildman–Crippen MR) is 134 cm³/mol. The zero-order chi connectivity index (χ0) is 24.1. The van der Waals surface area contributed by atoms with Crippen LogP contribution in [0.5, 0.6) is 0 Å². The Balaban J connectivity index is 1.63. The van der Waals surface area contributed by atoms with Crippen molar-refractivity contribution in [2.24, 2.45) is 0 Å². The molecular formula is C23H25Cl2N5O2S. The van der Waals surface area contributed by atoms with E-state index in [1.807, 2.05) is 44.4 Å². The summed E-state index contributed by atoms with van der Waals surface area (Å²) in [6, 6.07) is 9.11. The van der Waals surface area contributed by atoms with E-state index in [0.29, 0.717) is 28.2 Å². The fourth-order valence-corrected chi connectivity index (χ4v) is 4.66. The molecule has 0 spiro atoms. The van der Waals surface area contributed by atoms with Gasteiger partial charge >= 0.3 is 0 Å². The predicted octanol–water partition coefficient (Wildman–Crippen LogP) is 5.44. The van der Waals surface area contributed by atoms with Crippen molar-refractivity contribution in [3.05, 3.63) is 62.9 Å². The summed E-state index contributed by atoms with van der Waals surface area (Å²) in [6.07, 6.45) is 0.0121. The van der Waals surface area contributed by atoms with Crippen LogP contribution < -0.4 is 10.6 Å². The number of aryl methyl sites for hydroxylation is 3. The standard InChI is InChI=1S/C23H25Cl2N5O2S/c1-5-30-18(11-19(31)26-17-8-6-7-16(24)21(17)25)28-29-23(30)33-12-20(32)27-22-14(3)9-13(2)10-15(22)4/h6-10H,5,11-12H2,1-4H3,(H,26,31)(H,27,32). The van der Waals surface area contributed by atoms with Gasteiger partial charge in [0, 0.05) is 12.2 Å². The molecule has 0 fully saturated rings. The summed E-state index contributed by atoms with van der Waals surface area (Å²) in [5.41, 5.74) is 4.47. The fraction of sp³-hybridized carbons (Fsp3) is 0.304. The lowest BCUT2D eigenvalue weighted by atomic mass is 10.1. The summed E-state index contributed by atoms with van der Waals surface area (Å²) >= 11 is 13.4. The van der Waals surface area contributed by atoms with Gasteiger partial charge in [-0.3, -0.25) is 9.59 Å². The van der Waals surface area contributed by atoms with Crippen molar-refractivity contribution in [3.63, 3.8) is 0 Å². The number of benzene rings is 2. The molecule has 2 N–H and O–H groups in total. The molecule has 0 aliphatic rings. The number of rotatable bonds is 8. The van der Waals surface area contributed by atoms with Crippen LogP contribution in [0.1, 0.15) is 29.4 Å². The minimum absolute atomic E-state index is 0.0121. The highest BCUT2D eigenvalue weighted by atomic mass is 35.5. The fourth-order valence-electron chi connectivity index (χ4n) is 3.50. The van der Waals surface area contributed by atoms with E-state index in [4.69, 9.17) is 23.2 Å².